The van der Waals surface area contributed by atoms with Gasteiger partial charge in [0.1, 0.15) is 0 Å². The van der Waals surface area contributed by atoms with Gasteiger partial charge in [-0.05, 0) is 6.92 Å². The Morgan fingerprint density at radius 3 is 2.78 bits per heavy atom. The summed E-state index contributed by atoms with van der Waals surface area (Å²) >= 11 is 0.925. The molecule has 0 aromatic carbocycles. The standard InChI is InChI=1S/C11H14N6O5S/c1-4-5(8(19)15-10(21)13-4)2-7-16-17-11(22-7)23-3-6(18)14-9(12)20/h4-5H,2-3H2,1H3,(H3,12,14,18,20)(H2,13,15,19,21). The fourth-order valence-corrected chi connectivity index (χ4v) is 2.49. The minimum atomic E-state index is -0.943. The van der Waals surface area contributed by atoms with Crippen LogP contribution < -0.4 is 21.7 Å². The molecule has 2 rings (SSSR count). The number of nitrogens with one attached hydrogen (secondary N) is 3. The molecule has 2 unspecified atom stereocenters. The van der Waals surface area contributed by atoms with Gasteiger partial charge < -0.3 is 15.5 Å². The van der Waals surface area contributed by atoms with Crippen molar-refractivity contribution >= 4 is 35.6 Å². The van der Waals surface area contributed by atoms with E-state index in [1.54, 1.807) is 6.92 Å². The molecule has 11 nitrogen and oxygen atoms in total. The molecule has 1 saturated heterocycles. The summed E-state index contributed by atoms with van der Waals surface area (Å²) in [5.74, 6) is -1.48. The van der Waals surface area contributed by atoms with Crippen molar-refractivity contribution in [2.75, 3.05) is 5.75 Å². The lowest BCUT2D eigenvalue weighted by molar-refractivity contribution is -0.125. The number of thioether (sulfide) groups is 1. The summed E-state index contributed by atoms with van der Waals surface area (Å²) in [5.41, 5.74) is 4.81. The Balaban J connectivity index is 1.89. The lowest BCUT2D eigenvalue weighted by Gasteiger charge is -2.27. The van der Waals surface area contributed by atoms with Crippen molar-refractivity contribution in [3.8, 4) is 0 Å². The molecule has 2 atom stereocenters. The number of hydrogen-bond acceptors (Lipinski definition) is 8. The van der Waals surface area contributed by atoms with Crippen molar-refractivity contribution in [1.82, 2.24) is 26.1 Å². The number of imide groups is 2. The second kappa shape index (κ2) is 7.09. The van der Waals surface area contributed by atoms with Gasteiger partial charge in [0, 0.05) is 12.5 Å². The van der Waals surface area contributed by atoms with Crippen molar-refractivity contribution in [2.45, 2.75) is 24.6 Å². The zero-order valence-corrected chi connectivity index (χ0v) is 12.8. The Labute approximate surface area is 134 Å². The van der Waals surface area contributed by atoms with Crippen LogP contribution in [0.5, 0.6) is 0 Å². The molecule has 1 aromatic heterocycles. The second-order valence-corrected chi connectivity index (χ2v) is 5.65. The van der Waals surface area contributed by atoms with Crippen molar-refractivity contribution in [1.29, 1.82) is 0 Å². The summed E-state index contributed by atoms with van der Waals surface area (Å²) in [6, 6.07) is -1.86. The molecule has 23 heavy (non-hydrogen) atoms. The molecule has 1 aliphatic rings. The molecule has 1 fully saturated rings. The van der Waals surface area contributed by atoms with Gasteiger partial charge in [-0.2, -0.15) is 0 Å². The van der Waals surface area contributed by atoms with Gasteiger partial charge in [0.2, 0.25) is 17.7 Å². The van der Waals surface area contributed by atoms with E-state index < -0.39 is 29.8 Å². The zero-order valence-electron chi connectivity index (χ0n) is 12.0. The van der Waals surface area contributed by atoms with E-state index in [2.05, 4.69) is 20.8 Å². The van der Waals surface area contributed by atoms with E-state index >= 15 is 0 Å². The van der Waals surface area contributed by atoms with Gasteiger partial charge in [0.25, 0.3) is 5.22 Å². The van der Waals surface area contributed by atoms with Crippen molar-refractivity contribution in [2.24, 2.45) is 11.7 Å². The van der Waals surface area contributed by atoms with E-state index in [4.69, 9.17) is 10.2 Å². The smallest absolute Gasteiger partial charge is 0.321 e. The number of nitrogens with zero attached hydrogens (tertiary/aromatic N) is 2. The fourth-order valence-electron chi connectivity index (χ4n) is 1.91. The van der Waals surface area contributed by atoms with Crippen LogP contribution in [-0.4, -0.2) is 45.9 Å². The third-order valence-corrected chi connectivity index (χ3v) is 3.79. The van der Waals surface area contributed by atoms with Gasteiger partial charge in [-0.25, -0.2) is 9.59 Å². The highest BCUT2D eigenvalue weighted by Crippen LogP contribution is 2.19. The van der Waals surface area contributed by atoms with Crippen LogP contribution in [0.25, 0.3) is 0 Å². The van der Waals surface area contributed by atoms with Gasteiger partial charge in [-0.1, -0.05) is 11.8 Å². The first-order chi connectivity index (χ1) is 10.8. The number of aromatic nitrogens is 2. The molecule has 0 saturated carbocycles. The van der Waals surface area contributed by atoms with E-state index in [9.17, 15) is 19.2 Å². The largest absolute Gasteiger partial charge is 0.416 e. The highest BCUT2D eigenvalue weighted by Gasteiger charge is 2.34. The van der Waals surface area contributed by atoms with Gasteiger partial charge in [0.15, 0.2) is 0 Å². The summed E-state index contributed by atoms with van der Waals surface area (Å²) < 4.78 is 5.32. The number of carbonyl (C=O) groups is 4. The Morgan fingerprint density at radius 2 is 2.13 bits per heavy atom. The van der Waals surface area contributed by atoms with Crippen LogP contribution in [0.2, 0.25) is 0 Å². The number of nitrogens with two attached hydrogens (primary N) is 1. The van der Waals surface area contributed by atoms with Crippen LogP contribution in [0.1, 0.15) is 12.8 Å². The Hall–Kier alpha value is -2.63. The maximum atomic E-state index is 11.8. The van der Waals surface area contributed by atoms with Crippen LogP contribution in [0.15, 0.2) is 9.64 Å². The predicted octanol–water partition coefficient (Wildman–Crippen LogP) is -1.26. The number of urea groups is 2. The van der Waals surface area contributed by atoms with E-state index in [-0.39, 0.29) is 29.3 Å². The number of primary amides is 1. The Bertz CT molecular complexity index is 647. The van der Waals surface area contributed by atoms with E-state index in [0.717, 1.165) is 11.8 Å². The summed E-state index contributed by atoms with van der Waals surface area (Å²) in [4.78, 5) is 44.7. The highest BCUT2D eigenvalue weighted by molar-refractivity contribution is 7.99. The summed E-state index contributed by atoms with van der Waals surface area (Å²) in [7, 11) is 0. The van der Waals surface area contributed by atoms with E-state index in [0.29, 0.717) is 0 Å². The Kier molecular flexibility index (Phi) is 5.16. The summed E-state index contributed by atoms with van der Waals surface area (Å²) in [5, 5.41) is 14.3. The predicted molar refractivity (Wildman–Crippen MR) is 76.1 cm³/mol. The molecule has 0 aliphatic carbocycles. The molecule has 0 bridgehead atoms. The minimum Gasteiger partial charge on any atom is -0.416 e. The molecule has 1 aliphatic heterocycles. The van der Waals surface area contributed by atoms with Gasteiger partial charge in [-0.3, -0.25) is 20.2 Å². The molecule has 0 radical (unpaired) electrons. The fraction of sp³-hybridized carbons (Fsp3) is 0.455. The summed E-state index contributed by atoms with van der Waals surface area (Å²) in [6.45, 7) is 1.70. The third kappa shape index (κ3) is 4.67. The van der Waals surface area contributed by atoms with Gasteiger partial charge >= 0.3 is 12.1 Å². The molecule has 2 heterocycles. The SMILES string of the molecule is CC1NC(=O)NC(=O)C1Cc1nnc(SCC(=O)NC(N)=O)o1. The van der Waals surface area contributed by atoms with Gasteiger partial charge in [0.05, 0.1) is 11.7 Å². The monoisotopic (exact) mass is 342 g/mol. The van der Waals surface area contributed by atoms with E-state index in [1.165, 1.54) is 0 Å². The summed E-state index contributed by atoms with van der Waals surface area (Å²) in [6.07, 6.45) is 0.147. The van der Waals surface area contributed by atoms with Crippen molar-refractivity contribution < 1.29 is 23.6 Å². The second-order valence-electron chi connectivity index (χ2n) is 4.72. The van der Waals surface area contributed by atoms with Crippen LogP contribution in [-0.2, 0) is 16.0 Å². The van der Waals surface area contributed by atoms with E-state index in [1.807, 2.05) is 5.32 Å². The molecular formula is C11H14N6O5S. The maximum absolute atomic E-state index is 11.8. The lowest BCUT2D eigenvalue weighted by Crippen LogP contribution is -2.57. The third-order valence-electron chi connectivity index (χ3n) is 2.97. The first-order valence-electron chi connectivity index (χ1n) is 6.51. The molecule has 124 valence electrons. The molecule has 0 spiro atoms. The number of hydrogen-bond donors (Lipinski definition) is 4. The first-order valence-corrected chi connectivity index (χ1v) is 7.49. The van der Waals surface area contributed by atoms with Crippen LogP contribution >= 0.6 is 11.8 Å². The first kappa shape index (κ1) is 16.7. The number of rotatable bonds is 5. The van der Waals surface area contributed by atoms with Crippen molar-refractivity contribution in [3.05, 3.63) is 5.89 Å². The normalized spacial score (nSPS) is 20.6. The van der Waals surface area contributed by atoms with Crippen LogP contribution in [0.4, 0.5) is 9.59 Å². The van der Waals surface area contributed by atoms with Crippen molar-refractivity contribution in [3.63, 3.8) is 0 Å². The average Bonchev–Trinajstić information content (AvgIpc) is 2.87. The van der Waals surface area contributed by atoms with Gasteiger partial charge in [-0.15, -0.1) is 10.2 Å². The molecule has 5 N–H and O–H groups in total. The molecule has 12 heteroatoms. The van der Waals surface area contributed by atoms with Crippen LogP contribution in [0.3, 0.4) is 0 Å². The quantitative estimate of drug-likeness (QED) is 0.481. The Morgan fingerprint density at radius 1 is 1.39 bits per heavy atom. The number of carbonyl (C=O) groups excluding carboxylic acids is 4. The number of amides is 6. The zero-order chi connectivity index (χ0) is 17.0. The molecular weight excluding hydrogens is 328 g/mol. The topological polar surface area (TPSA) is 169 Å². The average molecular weight is 342 g/mol. The van der Waals surface area contributed by atoms with Crippen LogP contribution in [0, 0.1) is 5.92 Å². The minimum absolute atomic E-state index is 0.118. The molecule has 1 aromatic rings. The lowest BCUT2D eigenvalue weighted by atomic mass is 9.95. The highest BCUT2D eigenvalue weighted by atomic mass is 32.2. The maximum Gasteiger partial charge on any atom is 0.321 e. The molecule has 6 amide bonds.